The lowest BCUT2D eigenvalue weighted by Gasteiger charge is -2.33. The summed E-state index contributed by atoms with van der Waals surface area (Å²) in [5.74, 6) is -1.67. The molecule has 0 aromatic heterocycles. The first-order valence-corrected chi connectivity index (χ1v) is 8.66. The van der Waals surface area contributed by atoms with E-state index in [1.807, 2.05) is 0 Å². The van der Waals surface area contributed by atoms with Gasteiger partial charge >= 0.3 is 12.2 Å². The highest BCUT2D eigenvalue weighted by Crippen LogP contribution is 2.33. The van der Waals surface area contributed by atoms with Crippen LogP contribution in [0.1, 0.15) is 32.3 Å². The number of likely N-dealkylation sites (tertiary alicyclic amines) is 1. The second-order valence-electron chi connectivity index (χ2n) is 6.83. The van der Waals surface area contributed by atoms with Gasteiger partial charge in [0, 0.05) is 31.2 Å². The highest BCUT2D eigenvalue weighted by atomic mass is 19.4. The Morgan fingerprint density at radius 2 is 1.88 bits per heavy atom. The largest absolute Gasteiger partial charge is 0.393 e. The summed E-state index contributed by atoms with van der Waals surface area (Å²) in [6.07, 6.45) is -3.85. The topological polar surface area (TPSA) is 61.4 Å². The average molecular weight is 371 g/mol. The molecule has 1 heterocycles. The van der Waals surface area contributed by atoms with E-state index in [4.69, 9.17) is 0 Å². The van der Waals surface area contributed by atoms with E-state index in [0.717, 1.165) is 5.56 Å². The number of urea groups is 1. The van der Waals surface area contributed by atoms with Gasteiger partial charge in [0.15, 0.2) is 0 Å². The number of rotatable bonds is 4. The highest BCUT2D eigenvalue weighted by molar-refractivity contribution is 5.92. The summed E-state index contributed by atoms with van der Waals surface area (Å²) >= 11 is 0. The van der Waals surface area contributed by atoms with E-state index in [9.17, 15) is 22.8 Å². The van der Waals surface area contributed by atoms with E-state index < -0.39 is 18.1 Å². The van der Waals surface area contributed by atoms with Gasteiger partial charge in [0.1, 0.15) is 0 Å². The fourth-order valence-electron chi connectivity index (χ4n) is 2.71. The minimum absolute atomic E-state index is 0.0663. The van der Waals surface area contributed by atoms with Crippen molar-refractivity contribution < 1.29 is 22.8 Å². The predicted octanol–water partition coefficient (Wildman–Crippen LogP) is 3.77. The van der Waals surface area contributed by atoms with Crippen molar-refractivity contribution in [2.24, 2.45) is 11.8 Å². The van der Waals surface area contributed by atoms with Crippen molar-refractivity contribution in [3.8, 4) is 0 Å². The lowest BCUT2D eigenvalue weighted by molar-refractivity contribution is -0.184. The summed E-state index contributed by atoms with van der Waals surface area (Å²) < 4.78 is 38.5. The van der Waals surface area contributed by atoms with Gasteiger partial charge < -0.3 is 15.5 Å². The molecule has 3 amide bonds. The Bertz CT molecular complexity index is 630. The summed E-state index contributed by atoms with van der Waals surface area (Å²) in [7, 11) is 0. The van der Waals surface area contributed by atoms with Gasteiger partial charge in [0.25, 0.3) is 0 Å². The second-order valence-corrected chi connectivity index (χ2v) is 6.83. The minimum atomic E-state index is -4.27. The first-order valence-electron chi connectivity index (χ1n) is 8.66. The van der Waals surface area contributed by atoms with Gasteiger partial charge in [-0.15, -0.1) is 0 Å². The molecule has 0 spiro atoms. The third-order valence-corrected chi connectivity index (χ3v) is 4.36. The van der Waals surface area contributed by atoms with Crippen molar-refractivity contribution in [1.29, 1.82) is 0 Å². The Labute approximate surface area is 150 Å². The molecule has 1 aliphatic heterocycles. The van der Waals surface area contributed by atoms with Crippen LogP contribution in [0.15, 0.2) is 24.3 Å². The van der Waals surface area contributed by atoms with Crippen molar-refractivity contribution in [2.75, 3.05) is 18.4 Å². The van der Waals surface area contributed by atoms with Crippen LogP contribution in [0.3, 0.4) is 0 Å². The molecule has 0 unspecified atom stereocenters. The quantitative estimate of drug-likeness (QED) is 0.846. The molecule has 8 heteroatoms. The molecule has 0 aliphatic carbocycles. The van der Waals surface area contributed by atoms with Gasteiger partial charge in [-0.1, -0.05) is 26.0 Å². The molecule has 1 atom stereocenters. The zero-order valence-corrected chi connectivity index (χ0v) is 14.9. The fraction of sp³-hybridized carbons (Fsp3) is 0.556. The van der Waals surface area contributed by atoms with Crippen molar-refractivity contribution in [3.63, 3.8) is 0 Å². The Morgan fingerprint density at radius 1 is 1.23 bits per heavy atom. The van der Waals surface area contributed by atoms with Crippen LogP contribution in [0.5, 0.6) is 0 Å². The van der Waals surface area contributed by atoms with Crippen LogP contribution < -0.4 is 10.6 Å². The van der Waals surface area contributed by atoms with E-state index >= 15 is 0 Å². The molecule has 2 rings (SSSR count). The third-order valence-electron chi connectivity index (χ3n) is 4.36. The Morgan fingerprint density at radius 3 is 2.46 bits per heavy atom. The fourth-order valence-corrected chi connectivity index (χ4v) is 2.71. The maximum Gasteiger partial charge on any atom is 0.393 e. The molecule has 5 nitrogen and oxygen atoms in total. The van der Waals surface area contributed by atoms with E-state index in [2.05, 4.69) is 10.6 Å². The SMILES string of the molecule is CC(C)C(=O)Nc1ccc(CNC(=O)N2CCC[C@H](C(F)(F)F)C2)cc1. The maximum atomic E-state index is 12.8. The molecule has 1 aliphatic rings. The van der Waals surface area contributed by atoms with Crippen molar-refractivity contribution in [2.45, 2.75) is 39.4 Å². The van der Waals surface area contributed by atoms with Crippen LogP contribution in [0.25, 0.3) is 0 Å². The third kappa shape index (κ3) is 5.64. The number of benzene rings is 1. The molecule has 1 aromatic carbocycles. The van der Waals surface area contributed by atoms with Crippen LogP contribution in [0, 0.1) is 11.8 Å². The highest BCUT2D eigenvalue weighted by Gasteiger charge is 2.42. The zero-order valence-electron chi connectivity index (χ0n) is 14.9. The molecule has 0 saturated carbocycles. The van der Waals surface area contributed by atoms with Gasteiger partial charge in [0.05, 0.1) is 5.92 Å². The first kappa shape index (κ1) is 20.1. The van der Waals surface area contributed by atoms with Crippen molar-refractivity contribution >= 4 is 17.6 Å². The molecule has 26 heavy (non-hydrogen) atoms. The van der Waals surface area contributed by atoms with Gasteiger partial charge in [-0.05, 0) is 30.5 Å². The van der Waals surface area contributed by atoms with Gasteiger partial charge in [-0.25, -0.2) is 4.79 Å². The molecular weight excluding hydrogens is 347 g/mol. The molecule has 1 aromatic rings. The number of hydrogen-bond donors (Lipinski definition) is 2. The summed E-state index contributed by atoms with van der Waals surface area (Å²) in [6, 6.07) is 6.47. The van der Waals surface area contributed by atoms with Gasteiger partial charge in [0.2, 0.25) is 5.91 Å². The number of alkyl halides is 3. The number of anilines is 1. The average Bonchev–Trinajstić information content (AvgIpc) is 2.60. The van der Waals surface area contributed by atoms with Gasteiger partial charge in [-0.2, -0.15) is 13.2 Å². The summed E-state index contributed by atoms with van der Waals surface area (Å²) in [5, 5.41) is 5.41. The Balaban J connectivity index is 1.84. The molecule has 1 saturated heterocycles. The molecule has 0 radical (unpaired) electrons. The maximum absolute atomic E-state index is 12.8. The van der Waals surface area contributed by atoms with Crippen LogP contribution in [0.2, 0.25) is 0 Å². The first-order chi connectivity index (χ1) is 12.2. The number of amides is 3. The van der Waals surface area contributed by atoms with E-state index in [1.54, 1.807) is 38.1 Å². The Hall–Kier alpha value is -2.25. The van der Waals surface area contributed by atoms with E-state index in [0.29, 0.717) is 18.7 Å². The molecular formula is C18H24F3N3O2. The van der Waals surface area contributed by atoms with Crippen LogP contribution in [0.4, 0.5) is 23.7 Å². The number of hydrogen-bond acceptors (Lipinski definition) is 2. The molecule has 1 fully saturated rings. The van der Waals surface area contributed by atoms with Crippen LogP contribution >= 0.6 is 0 Å². The number of halogens is 3. The summed E-state index contributed by atoms with van der Waals surface area (Å²) in [6.45, 7) is 3.84. The van der Waals surface area contributed by atoms with Crippen molar-refractivity contribution in [1.82, 2.24) is 10.2 Å². The number of carbonyl (C=O) groups is 2. The lowest BCUT2D eigenvalue weighted by atomic mass is 9.98. The predicted molar refractivity (Wildman–Crippen MR) is 92.5 cm³/mol. The monoisotopic (exact) mass is 371 g/mol. The van der Waals surface area contributed by atoms with E-state index in [-0.39, 0.29) is 31.3 Å². The number of nitrogens with one attached hydrogen (secondary N) is 2. The van der Waals surface area contributed by atoms with Crippen LogP contribution in [-0.2, 0) is 11.3 Å². The van der Waals surface area contributed by atoms with Crippen molar-refractivity contribution in [3.05, 3.63) is 29.8 Å². The lowest BCUT2D eigenvalue weighted by Crippen LogP contribution is -2.48. The number of nitrogens with zero attached hydrogens (tertiary/aromatic N) is 1. The molecule has 0 bridgehead atoms. The minimum Gasteiger partial charge on any atom is -0.334 e. The summed E-state index contributed by atoms with van der Waals surface area (Å²) in [5.41, 5.74) is 1.45. The van der Waals surface area contributed by atoms with Crippen LogP contribution in [-0.4, -0.2) is 36.1 Å². The normalized spacial score (nSPS) is 17.9. The molecule has 144 valence electrons. The number of carbonyl (C=O) groups excluding carboxylic acids is 2. The smallest absolute Gasteiger partial charge is 0.334 e. The van der Waals surface area contributed by atoms with Gasteiger partial charge in [-0.3, -0.25) is 4.79 Å². The van der Waals surface area contributed by atoms with E-state index in [1.165, 1.54) is 4.90 Å². The molecule has 2 N–H and O–H groups in total. The Kier molecular flexibility index (Phi) is 6.50. The second kappa shape index (κ2) is 8.42. The summed E-state index contributed by atoms with van der Waals surface area (Å²) in [4.78, 5) is 25.0. The zero-order chi connectivity index (χ0) is 19.3. The standard InChI is InChI=1S/C18H24F3N3O2/c1-12(2)16(25)23-15-7-5-13(6-8-15)10-22-17(26)24-9-3-4-14(11-24)18(19,20)21/h5-8,12,14H,3-4,9-11H2,1-2H3,(H,22,26)(H,23,25)/t14-/m0/s1. The number of piperidine rings is 1.